The molecule has 1 rings (SSSR count). The summed E-state index contributed by atoms with van der Waals surface area (Å²) in [6.07, 6.45) is 4.89. The molecule has 0 bridgehead atoms. The minimum atomic E-state index is 0.625. The van der Waals surface area contributed by atoms with E-state index in [0.29, 0.717) is 6.04 Å². The average molecular weight is 229 g/mol. The van der Waals surface area contributed by atoms with Crippen molar-refractivity contribution >= 4 is 0 Å². The minimum Gasteiger partial charge on any atom is -0.382 e. The molecule has 3 nitrogen and oxygen atoms in total. The molecule has 0 aromatic heterocycles. The summed E-state index contributed by atoms with van der Waals surface area (Å²) >= 11 is 0. The van der Waals surface area contributed by atoms with Crippen molar-refractivity contribution in [2.24, 2.45) is 5.92 Å². The zero-order valence-corrected chi connectivity index (χ0v) is 10.8. The molecule has 0 aromatic rings. The second-order valence-electron chi connectivity index (χ2n) is 4.53. The van der Waals surface area contributed by atoms with Gasteiger partial charge in [-0.3, -0.25) is 0 Å². The van der Waals surface area contributed by atoms with Crippen LogP contribution in [0.3, 0.4) is 0 Å². The second kappa shape index (κ2) is 8.97. The fourth-order valence-electron chi connectivity index (χ4n) is 2.35. The third-order valence-corrected chi connectivity index (χ3v) is 3.27. The number of nitrogens with one attached hydrogen (secondary N) is 1. The highest BCUT2D eigenvalue weighted by atomic mass is 16.5. The SMILES string of the molecule is CCNC(CCOCC)CC1CCOCC1. The topological polar surface area (TPSA) is 30.5 Å². The third-order valence-electron chi connectivity index (χ3n) is 3.27. The van der Waals surface area contributed by atoms with E-state index in [1.807, 2.05) is 0 Å². The van der Waals surface area contributed by atoms with Gasteiger partial charge in [-0.2, -0.15) is 0 Å². The summed E-state index contributed by atoms with van der Waals surface area (Å²) < 4.78 is 10.8. The van der Waals surface area contributed by atoms with Gasteiger partial charge in [0.2, 0.25) is 0 Å². The first-order valence-electron chi connectivity index (χ1n) is 6.75. The first-order valence-corrected chi connectivity index (χ1v) is 6.75. The van der Waals surface area contributed by atoms with E-state index in [1.165, 1.54) is 19.3 Å². The van der Waals surface area contributed by atoms with Crippen LogP contribution in [0.2, 0.25) is 0 Å². The zero-order valence-electron chi connectivity index (χ0n) is 10.8. The van der Waals surface area contributed by atoms with Gasteiger partial charge in [-0.25, -0.2) is 0 Å². The Kier molecular flexibility index (Phi) is 7.81. The van der Waals surface area contributed by atoms with Crippen LogP contribution in [0.15, 0.2) is 0 Å². The van der Waals surface area contributed by atoms with E-state index >= 15 is 0 Å². The van der Waals surface area contributed by atoms with Gasteiger partial charge in [0.25, 0.3) is 0 Å². The summed E-state index contributed by atoms with van der Waals surface area (Å²) in [6, 6.07) is 0.625. The lowest BCUT2D eigenvalue weighted by Gasteiger charge is -2.27. The lowest BCUT2D eigenvalue weighted by molar-refractivity contribution is 0.0580. The summed E-state index contributed by atoms with van der Waals surface area (Å²) in [5, 5.41) is 3.57. The van der Waals surface area contributed by atoms with Gasteiger partial charge in [0.15, 0.2) is 0 Å². The summed E-state index contributed by atoms with van der Waals surface area (Å²) in [5.41, 5.74) is 0. The van der Waals surface area contributed by atoms with Crippen molar-refractivity contribution in [2.75, 3.05) is 33.0 Å². The zero-order chi connectivity index (χ0) is 11.6. The molecule has 3 heteroatoms. The maximum Gasteiger partial charge on any atom is 0.0480 e. The lowest BCUT2D eigenvalue weighted by Crippen LogP contribution is -2.33. The Labute approximate surface area is 99.9 Å². The number of hydrogen-bond donors (Lipinski definition) is 1. The number of rotatable bonds is 8. The highest BCUT2D eigenvalue weighted by molar-refractivity contribution is 4.73. The van der Waals surface area contributed by atoms with Crippen LogP contribution in [0.4, 0.5) is 0 Å². The predicted octanol–water partition coefficient (Wildman–Crippen LogP) is 2.21. The average Bonchev–Trinajstić information content (AvgIpc) is 2.31. The Morgan fingerprint density at radius 3 is 2.69 bits per heavy atom. The molecule has 0 aromatic carbocycles. The molecule has 1 unspecified atom stereocenters. The predicted molar refractivity (Wildman–Crippen MR) is 66.7 cm³/mol. The van der Waals surface area contributed by atoms with Gasteiger partial charge in [-0.1, -0.05) is 6.92 Å². The van der Waals surface area contributed by atoms with Crippen LogP contribution in [-0.4, -0.2) is 39.0 Å². The van der Waals surface area contributed by atoms with Crippen LogP contribution in [0, 0.1) is 5.92 Å². The Hall–Kier alpha value is -0.120. The molecule has 0 radical (unpaired) electrons. The Morgan fingerprint density at radius 1 is 1.31 bits per heavy atom. The van der Waals surface area contributed by atoms with Crippen molar-refractivity contribution in [2.45, 2.75) is 45.6 Å². The van der Waals surface area contributed by atoms with E-state index < -0.39 is 0 Å². The monoisotopic (exact) mass is 229 g/mol. The molecule has 0 aliphatic carbocycles. The summed E-state index contributed by atoms with van der Waals surface area (Å²) in [5.74, 6) is 0.847. The highest BCUT2D eigenvalue weighted by Gasteiger charge is 2.18. The van der Waals surface area contributed by atoms with E-state index in [9.17, 15) is 0 Å². The smallest absolute Gasteiger partial charge is 0.0480 e. The van der Waals surface area contributed by atoms with Crippen molar-refractivity contribution in [3.05, 3.63) is 0 Å². The van der Waals surface area contributed by atoms with E-state index in [0.717, 1.165) is 45.3 Å². The molecule has 16 heavy (non-hydrogen) atoms. The fourth-order valence-corrected chi connectivity index (χ4v) is 2.35. The van der Waals surface area contributed by atoms with Crippen LogP contribution in [0.5, 0.6) is 0 Å². The summed E-state index contributed by atoms with van der Waals surface area (Å²) in [4.78, 5) is 0. The lowest BCUT2D eigenvalue weighted by atomic mass is 9.91. The second-order valence-corrected chi connectivity index (χ2v) is 4.53. The van der Waals surface area contributed by atoms with Crippen molar-refractivity contribution < 1.29 is 9.47 Å². The molecule has 0 spiro atoms. The van der Waals surface area contributed by atoms with Gasteiger partial charge in [0.1, 0.15) is 0 Å². The Bertz CT molecular complexity index is 158. The van der Waals surface area contributed by atoms with E-state index in [2.05, 4.69) is 19.2 Å². The van der Waals surface area contributed by atoms with Crippen LogP contribution >= 0.6 is 0 Å². The maximum absolute atomic E-state index is 5.43. The Balaban J connectivity index is 2.19. The highest BCUT2D eigenvalue weighted by Crippen LogP contribution is 2.21. The van der Waals surface area contributed by atoms with Gasteiger partial charge in [-0.15, -0.1) is 0 Å². The molecular weight excluding hydrogens is 202 g/mol. The summed E-state index contributed by atoms with van der Waals surface area (Å²) in [6.45, 7) is 8.91. The molecule has 1 aliphatic rings. The van der Waals surface area contributed by atoms with Crippen LogP contribution < -0.4 is 5.32 Å². The molecule has 1 saturated heterocycles. The normalized spacial score (nSPS) is 19.9. The van der Waals surface area contributed by atoms with E-state index in [4.69, 9.17) is 9.47 Å². The molecule has 1 atom stereocenters. The molecule has 1 heterocycles. The largest absolute Gasteiger partial charge is 0.382 e. The molecule has 96 valence electrons. The molecule has 1 aliphatic heterocycles. The molecule has 1 fully saturated rings. The summed E-state index contributed by atoms with van der Waals surface area (Å²) in [7, 11) is 0. The van der Waals surface area contributed by atoms with Gasteiger partial charge in [0.05, 0.1) is 0 Å². The van der Waals surface area contributed by atoms with Crippen molar-refractivity contribution in [3.8, 4) is 0 Å². The van der Waals surface area contributed by atoms with Crippen LogP contribution in [0.25, 0.3) is 0 Å². The minimum absolute atomic E-state index is 0.625. The van der Waals surface area contributed by atoms with Gasteiger partial charge < -0.3 is 14.8 Å². The first kappa shape index (κ1) is 13.9. The van der Waals surface area contributed by atoms with Crippen molar-refractivity contribution in [3.63, 3.8) is 0 Å². The molecular formula is C13H27NO2. The molecule has 0 saturated carbocycles. The van der Waals surface area contributed by atoms with Gasteiger partial charge >= 0.3 is 0 Å². The Morgan fingerprint density at radius 2 is 2.06 bits per heavy atom. The van der Waals surface area contributed by atoms with Crippen molar-refractivity contribution in [1.82, 2.24) is 5.32 Å². The fraction of sp³-hybridized carbons (Fsp3) is 1.00. The molecule has 0 amide bonds. The standard InChI is InChI=1S/C13H27NO2/c1-3-14-13(7-10-15-4-2)11-12-5-8-16-9-6-12/h12-14H,3-11H2,1-2H3. The van der Waals surface area contributed by atoms with E-state index in [-0.39, 0.29) is 0 Å². The first-order chi connectivity index (χ1) is 7.86. The number of hydrogen-bond acceptors (Lipinski definition) is 3. The van der Waals surface area contributed by atoms with Crippen molar-refractivity contribution in [1.29, 1.82) is 0 Å². The van der Waals surface area contributed by atoms with Crippen LogP contribution in [-0.2, 0) is 9.47 Å². The quantitative estimate of drug-likeness (QED) is 0.647. The maximum atomic E-state index is 5.43. The van der Waals surface area contributed by atoms with Gasteiger partial charge in [-0.05, 0) is 45.1 Å². The molecule has 1 N–H and O–H groups in total. The van der Waals surface area contributed by atoms with Gasteiger partial charge in [0, 0.05) is 32.5 Å². The number of ether oxygens (including phenoxy) is 2. The van der Waals surface area contributed by atoms with Crippen LogP contribution in [0.1, 0.15) is 39.5 Å². The third kappa shape index (κ3) is 5.83. The van der Waals surface area contributed by atoms with E-state index in [1.54, 1.807) is 0 Å².